The van der Waals surface area contributed by atoms with Gasteiger partial charge in [0.2, 0.25) is 10.0 Å². The molecule has 0 aromatic heterocycles. The van der Waals surface area contributed by atoms with Crippen molar-refractivity contribution in [3.05, 3.63) is 29.8 Å². The van der Waals surface area contributed by atoms with Crippen molar-refractivity contribution in [2.75, 3.05) is 19.7 Å². The first-order chi connectivity index (χ1) is 13.2. The summed E-state index contributed by atoms with van der Waals surface area (Å²) in [6.07, 6.45) is 1.76. The van der Waals surface area contributed by atoms with Gasteiger partial charge in [0.1, 0.15) is 5.54 Å². The van der Waals surface area contributed by atoms with E-state index in [0.29, 0.717) is 13.1 Å². The van der Waals surface area contributed by atoms with Crippen LogP contribution in [0.25, 0.3) is 0 Å². The third kappa shape index (κ3) is 4.88. The molecular formula is C19H25N3O5S. The fourth-order valence-corrected chi connectivity index (χ4v) is 4.36. The second kappa shape index (κ2) is 8.71. The second-order valence-corrected chi connectivity index (χ2v) is 8.76. The first-order valence-corrected chi connectivity index (χ1v) is 10.6. The SMILES string of the molecule is CCN(CC)S(=O)(=O)c1ccc(C(=O)OCC(=O)N[C@@](C)(C#N)C2CC2)cc1. The molecule has 1 aromatic rings. The van der Waals surface area contributed by atoms with Crippen molar-refractivity contribution in [1.29, 1.82) is 5.26 Å². The van der Waals surface area contributed by atoms with Crippen molar-refractivity contribution in [3.63, 3.8) is 0 Å². The summed E-state index contributed by atoms with van der Waals surface area (Å²) in [4.78, 5) is 24.2. The van der Waals surface area contributed by atoms with Gasteiger partial charge >= 0.3 is 5.97 Å². The molecular weight excluding hydrogens is 382 g/mol. The average molecular weight is 407 g/mol. The Morgan fingerprint density at radius 2 is 1.82 bits per heavy atom. The van der Waals surface area contributed by atoms with E-state index in [2.05, 4.69) is 11.4 Å². The average Bonchev–Trinajstić information content (AvgIpc) is 3.52. The molecule has 8 nitrogen and oxygen atoms in total. The number of carbonyl (C=O) groups is 2. The van der Waals surface area contributed by atoms with Crippen LogP contribution in [0.1, 0.15) is 44.0 Å². The van der Waals surface area contributed by atoms with Gasteiger partial charge in [0.25, 0.3) is 5.91 Å². The van der Waals surface area contributed by atoms with E-state index in [0.717, 1.165) is 12.8 Å². The molecule has 0 heterocycles. The monoisotopic (exact) mass is 407 g/mol. The number of carbonyl (C=O) groups excluding carboxylic acids is 2. The molecule has 0 bridgehead atoms. The number of rotatable bonds is 9. The molecule has 1 aliphatic rings. The van der Waals surface area contributed by atoms with Crippen molar-refractivity contribution < 1.29 is 22.7 Å². The molecule has 1 N–H and O–H groups in total. The quantitative estimate of drug-likeness (QED) is 0.623. The van der Waals surface area contributed by atoms with Crippen molar-refractivity contribution in [2.45, 2.75) is 44.0 Å². The van der Waals surface area contributed by atoms with E-state index in [1.807, 2.05) is 0 Å². The van der Waals surface area contributed by atoms with Gasteiger partial charge in [-0.05, 0) is 49.9 Å². The van der Waals surface area contributed by atoms with Gasteiger partial charge in [-0.2, -0.15) is 9.57 Å². The topological polar surface area (TPSA) is 117 Å². The van der Waals surface area contributed by atoms with Gasteiger partial charge in [-0.3, -0.25) is 4.79 Å². The smallest absolute Gasteiger partial charge is 0.338 e. The van der Waals surface area contributed by atoms with Crippen molar-refractivity contribution >= 4 is 21.9 Å². The molecule has 1 aliphatic carbocycles. The Hall–Kier alpha value is -2.44. The van der Waals surface area contributed by atoms with Crippen LogP contribution in [0.5, 0.6) is 0 Å². The number of ether oxygens (including phenoxy) is 1. The Balaban J connectivity index is 1.96. The number of amides is 1. The van der Waals surface area contributed by atoms with Crippen LogP contribution >= 0.6 is 0 Å². The lowest BCUT2D eigenvalue weighted by molar-refractivity contribution is -0.125. The van der Waals surface area contributed by atoms with Gasteiger partial charge in [-0.1, -0.05) is 13.8 Å². The lowest BCUT2D eigenvalue weighted by Crippen LogP contribution is -2.48. The van der Waals surface area contributed by atoms with Gasteiger partial charge in [0.05, 0.1) is 16.5 Å². The summed E-state index contributed by atoms with van der Waals surface area (Å²) in [6, 6.07) is 7.47. The van der Waals surface area contributed by atoms with Gasteiger partial charge in [-0.25, -0.2) is 13.2 Å². The van der Waals surface area contributed by atoms with Crippen LogP contribution in [0.3, 0.4) is 0 Å². The molecule has 0 aliphatic heterocycles. The van der Waals surface area contributed by atoms with Crippen LogP contribution in [0, 0.1) is 17.2 Å². The maximum atomic E-state index is 12.4. The lowest BCUT2D eigenvalue weighted by Gasteiger charge is -2.22. The van der Waals surface area contributed by atoms with E-state index in [-0.39, 0.29) is 16.4 Å². The predicted octanol–water partition coefficient (Wildman–Crippen LogP) is 1.68. The third-order valence-corrected chi connectivity index (χ3v) is 6.86. The molecule has 9 heteroatoms. The van der Waals surface area contributed by atoms with Crippen molar-refractivity contribution in [2.24, 2.45) is 5.92 Å². The molecule has 1 atom stereocenters. The summed E-state index contributed by atoms with van der Waals surface area (Å²) in [5.74, 6) is -1.17. The molecule has 1 saturated carbocycles. The highest BCUT2D eigenvalue weighted by molar-refractivity contribution is 7.89. The fourth-order valence-electron chi connectivity index (χ4n) is 2.90. The van der Waals surface area contributed by atoms with Crippen LogP contribution in [-0.4, -0.2) is 49.8 Å². The Morgan fingerprint density at radius 1 is 1.25 bits per heavy atom. The number of sulfonamides is 1. The molecule has 2 rings (SSSR count). The minimum absolute atomic E-state index is 0.0831. The van der Waals surface area contributed by atoms with E-state index in [4.69, 9.17) is 4.74 Å². The highest BCUT2D eigenvalue weighted by atomic mass is 32.2. The van der Waals surface area contributed by atoms with Crippen molar-refractivity contribution in [3.8, 4) is 6.07 Å². The molecule has 0 radical (unpaired) electrons. The van der Waals surface area contributed by atoms with E-state index >= 15 is 0 Å². The Labute approximate surface area is 165 Å². The molecule has 1 aromatic carbocycles. The van der Waals surface area contributed by atoms with E-state index < -0.39 is 34.0 Å². The lowest BCUT2D eigenvalue weighted by atomic mass is 9.98. The predicted molar refractivity (Wildman–Crippen MR) is 102 cm³/mol. The zero-order valence-electron chi connectivity index (χ0n) is 16.3. The summed E-state index contributed by atoms with van der Waals surface area (Å²) in [6.45, 7) is 5.33. The minimum atomic E-state index is -3.61. The number of nitrogens with one attached hydrogen (secondary N) is 1. The highest BCUT2D eigenvalue weighted by Gasteiger charge is 2.43. The molecule has 1 amide bonds. The van der Waals surface area contributed by atoms with E-state index in [1.165, 1.54) is 28.6 Å². The number of esters is 1. The molecule has 0 saturated heterocycles. The standard InChI is InChI=1S/C19H25N3O5S/c1-4-22(5-2)28(25,26)16-10-6-14(7-11-16)18(24)27-12-17(23)21-19(3,13-20)15-8-9-15/h6-7,10-11,15H,4-5,8-9,12H2,1-3H3,(H,21,23)/t19-/m0/s1. The molecule has 1 fully saturated rings. The summed E-state index contributed by atoms with van der Waals surface area (Å²) in [5, 5.41) is 11.8. The van der Waals surface area contributed by atoms with Gasteiger partial charge < -0.3 is 10.1 Å². The number of benzene rings is 1. The molecule has 28 heavy (non-hydrogen) atoms. The maximum Gasteiger partial charge on any atom is 0.338 e. The Morgan fingerprint density at radius 3 is 2.29 bits per heavy atom. The molecule has 0 spiro atoms. The normalized spacial score (nSPS) is 16.1. The first kappa shape index (κ1) is 21.9. The minimum Gasteiger partial charge on any atom is -0.452 e. The number of nitrogens with zero attached hydrogens (tertiary/aromatic N) is 2. The van der Waals surface area contributed by atoms with Gasteiger partial charge in [0.15, 0.2) is 6.61 Å². The van der Waals surface area contributed by atoms with Crippen LogP contribution in [-0.2, 0) is 19.6 Å². The number of hydrogen-bond acceptors (Lipinski definition) is 6. The van der Waals surface area contributed by atoms with E-state index in [1.54, 1.807) is 20.8 Å². The summed E-state index contributed by atoms with van der Waals surface area (Å²) in [7, 11) is -3.61. The highest BCUT2D eigenvalue weighted by Crippen LogP contribution is 2.39. The number of nitriles is 1. The van der Waals surface area contributed by atoms with E-state index in [9.17, 15) is 23.3 Å². The zero-order valence-corrected chi connectivity index (χ0v) is 17.1. The zero-order chi connectivity index (χ0) is 20.9. The maximum absolute atomic E-state index is 12.4. The Bertz CT molecular complexity index is 868. The van der Waals surface area contributed by atoms with Crippen LogP contribution in [0.4, 0.5) is 0 Å². The number of hydrogen-bond donors (Lipinski definition) is 1. The Kier molecular flexibility index (Phi) is 6.80. The third-order valence-electron chi connectivity index (χ3n) is 4.79. The fraction of sp³-hybridized carbons (Fsp3) is 0.526. The van der Waals surface area contributed by atoms with Gasteiger partial charge in [0, 0.05) is 13.1 Å². The van der Waals surface area contributed by atoms with Crippen LogP contribution in [0.2, 0.25) is 0 Å². The molecule has 152 valence electrons. The molecule has 0 unspecified atom stereocenters. The van der Waals surface area contributed by atoms with Crippen LogP contribution in [0.15, 0.2) is 29.2 Å². The second-order valence-electron chi connectivity index (χ2n) is 6.83. The summed E-state index contributed by atoms with van der Waals surface area (Å²) < 4.78 is 31.2. The summed E-state index contributed by atoms with van der Waals surface area (Å²) >= 11 is 0. The van der Waals surface area contributed by atoms with Gasteiger partial charge in [-0.15, -0.1) is 0 Å². The largest absolute Gasteiger partial charge is 0.452 e. The van der Waals surface area contributed by atoms with Crippen molar-refractivity contribution in [1.82, 2.24) is 9.62 Å². The summed E-state index contributed by atoms with van der Waals surface area (Å²) in [5.41, 5.74) is -0.819. The van der Waals surface area contributed by atoms with Crippen LogP contribution < -0.4 is 5.32 Å². The first-order valence-electron chi connectivity index (χ1n) is 9.17.